The number of aliphatic hydroxyl groups excluding tert-OH is 1. The second kappa shape index (κ2) is 11.8. The smallest absolute Gasteiger partial charge is 0.302 e. The zero-order valence-corrected chi connectivity index (χ0v) is 25.9. The molecular weight excluding hydrogens is 572 g/mol. The van der Waals surface area contributed by atoms with Gasteiger partial charge in [0.2, 0.25) is 5.91 Å². The Bertz CT molecular complexity index is 1490. The Hall–Kier alpha value is -2.65. The molecule has 0 radical (unpaired) electrons. The summed E-state index contributed by atoms with van der Waals surface area (Å²) in [5.74, 6) is -0.712. The number of halogens is 1. The van der Waals surface area contributed by atoms with Crippen LogP contribution in [-0.4, -0.2) is 51.0 Å². The summed E-state index contributed by atoms with van der Waals surface area (Å²) in [4.78, 5) is 12.4. The van der Waals surface area contributed by atoms with Gasteiger partial charge in [-0.1, -0.05) is 36.7 Å². The number of amides is 1. The fourth-order valence-electron chi connectivity index (χ4n) is 7.42. The number of fused-ring (bicyclic) bond motifs is 3. The summed E-state index contributed by atoms with van der Waals surface area (Å²) in [5, 5.41) is 11.6. The largest absolute Gasteiger partial charge is 0.486 e. The third-order valence-corrected chi connectivity index (χ3v) is 12.5. The molecule has 3 aliphatic rings. The predicted octanol–water partition coefficient (Wildman–Crippen LogP) is 5.53. The molecule has 1 fully saturated rings. The number of benzene rings is 2. The number of carbonyl (C=O) groups excluding carboxylic acids is 1. The van der Waals surface area contributed by atoms with Gasteiger partial charge in [-0.25, -0.2) is 0 Å². The van der Waals surface area contributed by atoms with E-state index in [9.17, 15) is 18.3 Å². The normalized spacial score (nSPS) is 28.3. The molecule has 1 amide bonds. The molecule has 0 bridgehead atoms. The maximum Gasteiger partial charge on any atom is 0.302 e. The number of nitrogens with two attached hydrogens (primary N) is 1. The second-order valence-corrected chi connectivity index (χ2v) is 15.2. The molecule has 1 saturated carbocycles. The van der Waals surface area contributed by atoms with Crippen LogP contribution in [0.4, 0.5) is 5.69 Å². The van der Waals surface area contributed by atoms with Gasteiger partial charge in [-0.2, -0.15) is 12.3 Å². The summed E-state index contributed by atoms with van der Waals surface area (Å²) in [7, 11) is -3.95. The Morgan fingerprint density at radius 2 is 2.05 bits per heavy atom. The lowest BCUT2D eigenvalue weighted by Gasteiger charge is -2.49. The Kier molecular flexibility index (Phi) is 8.65. The van der Waals surface area contributed by atoms with Crippen molar-refractivity contribution in [2.45, 2.75) is 57.0 Å². The van der Waals surface area contributed by atoms with Crippen LogP contribution < -0.4 is 14.4 Å². The molecular formula is C33H42ClN2O5S+. The average Bonchev–Trinajstić information content (AvgIpc) is 3.06. The SMILES string of the molecule is C=CC[C@H](O)[C@@H]1CC[C@H]1C[N@+]1(S(=O)(=O)C[C@H](C)C=C)CC2(CCCc3cc(Cl)ccc32)COc2ccc(C(N)=O)cc21. The molecule has 0 aromatic heterocycles. The van der Waals surface area contributed by atoms with Crippen LogP contribution in [-0.2, 0) is 21.9 Å². The Morgan fingerprint density at radius 1 is 1.26 bits per heavy atom. The lowest BCUT2D eigenvalue weighted by atomic mass is 9.68. The first-order valence-electron chi connectivity index (χ1n) is 14.8. The van der Waals surface area contributed by atoms with Gasteiger partial charge in [-0.3, -0.25) is 4.79 Å². The molecule has 2 aliphatic carbocycles. The van der Waals surface area contributed by atoms with Crippen molar-refractivity contribution >= 4 is 33.2 Å². The summed E-state index contributed by atoms with van der Waals surface area (Å²) in [6, 6.07) is 10.8. The summed E-state index contributed by atoms with van der Waals surface area (Å²) >= 11 is 6.41. The van der Waals surface area contributed by atoms with Crippen LogP contribution in [0.1, 0.15) is 60.5 Å². The van der Waals surface area contributed by atoms with Crippen LogP contribution in [0, 0.1) is 17.8 Å². The maximum atomic E-state index is 15.0. The van der Waals surface area contributed by atoms with Crippen molar-refractivity contribution in [2.24, 2.45) is 23.5 Å². The van der Waals surface area contributed by atoms with Crippen molar-refractivity contribution in [1.82, 2.24) is 3.89 Å². The molecule has 1 heterocycles. The van der Waals surface area contributed by atoms with Gasteiger partial charge < -0.3 is 15.6 Å². The van der Waals surface area contributed by atoms with E-state index in [4.69, 9.17) is 22.1 Å². The van der Waals surface area contributed by atoms with E-state index in [1.807, 2.05) is 25.1 Å². The second-order valence-electron chi connectivity index (χ2n) is 12.6. The number of primary amides is 1. The number of nitrogens with zero attached hydrogens (tertiary/aromatic N) is 1. The van der Waals surface area contributed by atoms with Crippen molar-refractivity contribution in [3.05, 3.63) is 83.4 Å². The van der Waals surface area contributed by atoms with Crippen molar-refractivity contribution in [1.29, 1.82) is 0 Å². The number of quaternary nitrogens is 1. The molecule has 1 aliphatic heterocycles. The fraction of sp³-hybridized carbons (Fsp3) is 0.485. The highest BCUT2D eigenvalue weighted by Gasteiger charge is 2.58. The van der Waals surface area contributed by atoms with Gasteiger partial charge in [0.15, 0.2) is 11.4 Å². The van der Waals surface area contributed by atoms with E-state index in [-0.39, 0.29) is 46.0 Å². The first-order chi connectivity index (χ1) is 19.9. The van der Waals surface area contributed by atoms with Gasteiger partial charge in [0.05, 0.1) is 11.5 Å². The highest BCUT2D eigenvalue weighted by molar-refractivity contribution is 7.91. The van der Waals surface area contributed by atoms with E-state index >= 15 is 0 Å². The number of sulfonamides is 1. The van der Waals surface area contributed by atoms with E-state index in [0.29, 0.717) is 29.5 Å². The highest BCUT2D eigenvalue weighted by atomic mass is 35.5. The standard InChI is InChI=1S/C33H41ClN2O5S/c1-4-7-30(37)27-12-9-25(27)18-36(42(39,40)19-22(3)5-2)20-33(15-6-8-23-16-26(34)11-13-28(23)33)21-41-31-14-10-24(32(35)38)17-29(31)36/h4-5,10-11,13-14,16-17,22,25,27,30,37H,1-2,6-9,12,15,18-21H2,3H3,(H-,35,38)/p+1/t22-,25+,27-,30+,33?,36+/m1/s1. The van der Waals surface area contributed by atoms with Crippen LogP contribution in [0.2, 0.25) is 5.02 Å². The fourth-order valence-corrected chi connectivity index (χ4v) is 10.0. The lowest BCUT2D eigenvalue weighted by molar-refractivity contribution is 0.00670. The van der Waals surface area contributed by atoms with E-state index < -0.39 is 27.4 Å². The van der Waals surface area contributed by atoms with Crippen molar-refractivity contribution in [3.8, 4) is 5.75 Å². The van der Waals surface area contributed by atoms with E-state index in [2.05, 4.69) is 13.2 Å². The molecule has 5 rings (SSSR count). The lowest BCUT2D eigenvalue weighted by Crippen LogP contribution is -2.65. The summed E-state index contributed by atoms with van der Waals surface area (Å²) in [6.07, 6.45) is 7.32. The summed E-state index contributed by atoms with van der Waals surface area (Å²) < 4.78 is 36.2. The number of carbonyl (C=O) groups is 1. The van der Waals surface area contributed by atoms with E-state index in [1.54, 1.807) is 30.4 Å². The first-order valence-corrected chi connectivity index (χ1v) is 16.8. The van der Waals surface area contributed by atoms with Gasteiger partial charge in [-0.15, -0.1) is 13.2 Å². The average molecular weight is 614 g/mol. The quantitative estimate of drug-likeness (QED) is 0.271. The van der Waals surface area contributed by atoms with Crippen LogP contribution in [0.25, 0.3) is 0 Å². The summed E-state index contributed by atoms with van der Waals surface area (Å²) in [5.41, 5.74) is 7.95. The number of hydrogen-bond acceptors (Lipinski definition) is 5. The van der Waals surface area contributed by atoms with Crippen molar-refractivity contribution < 1.29 is 23.1 Å². The molecule has 1 unspecified atom stereocenters. The molecule has 6 atom stereocenters. The third-order valence-electron chi connectivity index (χ3n) is 9.80. The third kappa shape index (κ3) is 5.43. The highest BCUT2D eigenvalue weighted by Crippen LogP contribution is 2.51. The van der Waals surface area contributed by atoms with E-state index in [1.165, 1.54) is 0 Å². The molecule has 0 saturated heterocycles. The zero-order chi connectivity index (χ0) is 30.3. The van der Waals surface area contributed by atoms with Gasteiger partial charge in [-0.05, 0) is 85.8 Å². The number of aryl methyl sites for hydroxylation is 1. The Morgan fingerprint density at radius 3 is 2.71 bits per heavy atom. The number of aliphatic hydroxyl groups is 1. The monoisotopic (exact) mass is 613 g/mol. The minimum Gasteiger partial charge on any atom is -0.486 e. The molecule has 3 N–H and O–H groups in total. The molecule has 2 aromatic carbocycles. The molecule has 7 nitrogen and oxygen atoms in total. The minimum absolute atomic E-state index is 0.0506. The molecule has 1 spiro atoms. The molecule has 9 heteroatoms. The molecule has 226 valence electrons. The minimum atomic E-state index is -3.95. The first kappa shape index (κ1) is 30.8. The van der Waals surface area contributed by atoms with E-state index in [0.717, 1.165) is 43.2 Å². The van der Waals surface area contributed by atoms with Crippen molar-refractivity contribution in [2.75, 3.05) is 25.4 Å². The Balaban J connectivity index is 1.76. The number of rotatable bonds is 10. The van der Waals surface area contributed by atoms with Gasteiger partial charge in [0.1, 0.15) is 25.4 Å². The number of allylic oxidation sites excluding steroid dienone is 1. The maximum absolute atomic E-state index is 15.0. The van der Waals surface area contributed by atoms with Gasteiger partial charge in [0, 0.05) is 22.6 Å². The number of hydrogen-bond donors (Lipinski definition) is 2. The van der Waals surface area contributed by atoms with Crippen LogP contribution in [0.15, 0.2) is 61.7 Å². The Labute approximate surface area is 254 Å². The molecule has 2 aromatic rings. The van der Waals surface area contributed by atoms with Gasteiger partial charge >= 0.3 is 10.0 Å². The predicted molar refractivity (Wildman–Crippen MR) is 168 cm³/mol. The van der Waals surface area contributed by atoms with Gasteiger partial charge in [0.25, 0.3) is 0 Å². The van der Waals surface area contributed by atoms with Crippen LogP contribution >= 0.6 is 11.6 Å². The van der Waals surface area contributed by atoms with Crippen LogP contribution in [0.3, 0.4) is 0 Å². The van der Waals surface area contributed by atoms with Crippen molar-refractivity contribution in [3.63, 3.8) is 0 Å². The summed E-state index contributed by atoms with van der Waals surface area (Å²) in [6.45, 7) is 10.3. The zero-order valence-electron chi connectivity index (χ0n) is 24.3. The number of ether oxygens (including phenoxy) is 1. The van der Waals surface area contributed by atoms with Crippen LogP contribution in [0.5, 0.6) is 5.75 Å². The topological polar surface area (TPSA) is 107 Å². The molecule has 42 heavy (non-hydrogen) atoms.